The molecule has 0 saturated carbocycles. The molecule has 2 heteroatoms. The van der Waals surface area contributed by atoms with Crippen molar-refractivity contribution in [2.24, 2.45) is 0 Å². The van der Waals surface area contributed by atoms with Gasteiger partial charge < -0.3 is 0 Å². The van der Waals surface area contributed by atoms with Crippen molar-refractivity contribution in [1.29, 1.82) is 10.5 Å². The molecule has 0 aliphatic carbocycles. The molecule has 0 heterocycles. The zero-order chi connectivity index (χ0) is 18.3. The summed E-state index contributed by atoms with van der Waals surface area (Å²) in [6, 6.07) is 4.73. The molecule has 0 unspecified atom stereocenters. The van der Waals surface area contributed by atoms with Crippen LogP contribution in [0.2, 0.25) is 0 Å². The van der Waals surface area contributed by atoms with E-state index in [-0.39, 0.29) is 0 Å². The molecule has 0 atom stereocenters. The fourth-order valence-electron chi connectivity index (χ4n) is 3.65. The van der Waals surface area contributed by atoms with Gasteiger partial charge in [0.15, 0.2) is 0 Å². The Morgan fingerprint density at radius 2 is 0.792 bits per heavy atom. The van der Waals surface area contributed by atoms with Crippen LogP contribution in [0.3, 0.4) is 0 Å². The Kier molecular flexibility index (Phi) is 4.54. The summed E-state index contributed by atoms with van der Waals surface area (Å²) < 4.78 is 0. The standard InChI is InChI=1S/C22H24N2/c1-11-12(2)16(6)21(17(7)13(11)3)22-18(8)19(9-23)14(4)15(5)20(22)10-24/h1-8H3. The van der Waals surface area contributed by atoms with E-state index < -0.39 is 0 Å². The van der Waals surface area contributed by atoms with Gasteiger partial charge >= 0.3 is 0 Å². The van der Waals surface area contributed by atoms with Gasteiger partial charge in [-0.1, -0.05) is 0 Å². The molecule has 0 fully saturated rings. The zero-order valence-electron chi connectivity index (χ0n) is 15.9. The molecule has 2 aromatic carbocycles. The lowest BCUT2D eigenvalue weighted by atomic mass is 9.80. The number of hydrogen-bond donors (Lipinski definition) is 0. The first-order valence-corrected chi connectivity index (χ1v) is 8.20. The van der Waals surface area contributed by atoms with Gasteiger partial charge in [-0.2, -0.15) is 10.5 Å². The maximum absolute atomic E-state index is 9.82. The van der Waals surface area contributed by atoms with Gasteiger partial charge in [-0.25, -0.2) is 0 Å². The zero-order valence-corrected chi connectivity index (χ0v) is 15.9. The van der Waals surface area contributed by atoms with Crippen molar-refractivity contribution in [2.45, 2.75) is 55.4 Å². The predicted molar refractivity (Wildman–Crippen MR) is 99.2 cm³/mol. The lowest BCUT2D eigenvalue weighted by Gasteiger charge is -2.23. The van der Waals surface area contributed by atoms with Crippen LogP contribution in [0.15, 0.2) is 0 Å². The maximum Gasteiger partial charge on any atom is 0.100 e. The van der Waals surface area contributed by atoms with Crippen LogP contribution in [-0.2, 0) is 0 Å². The topological polar surface area (TPSA) is 47.6 Å². The number of rotatable bonds is 1. The highest BCUT2D eigenvalue weighted by Gasteiger charge is 2.23. The van der Waals surface area contributed by atoms with Crippen molar-refractivity contribution >= 4 is 0 Å². The molecule has 0 bridgehead atoms. The van der Waals surface area contributed by atoms with Crippen molar-refractivity contribution in [2.75, 3.05) is 0 Å². The summed E-state index contributed by atoms with van der Waals surface area (Å²) in [7, 11) is 0. The molecule has 0 aromatic heterocycles. The molecule has 0 aliphatic heterocycles. The van der Waals surface area contributed by atoms with Crippen LogP contribution in [-0.4, -0.2) is 0 Å². The molecule has 2 aromatic rings. The lowest BCUT2D eigenvalue weighted by molar-refractivity contribution is 1.16. The monoisotopic (exact) mass is 316 g/mol. The summed E-state index contributed by atoms with van der Waals surface area (Å²) in [4.78, 5) is 0. The summed E-state index contributed by atoms with van der Waals surface area (Å²) in [6.45, 7) is 16.5. The van der Waals surface area contributed by atoms with Gasteiger partial charge in [0.1, 0.15) is 6.07 Å². The third-order valence-electron chi connectivity index (χ3n) is 5.79. The second-order valence-electron chi connectivity index (χ2n) is 6.72. The average molecular weight is 316 g/mol. The Bertz CT molecular complexity index is 919. The van der Waals surface area contributed by atoms with Gasteiger partial charge in [-0.05, 0) is 105 Å². The van der Waals surface area contributed by atoms with E-state index in [1.54, 1.807) is 0 Å². The van der Waals surface area contributed by atoms with E-state index in [4.69, 9.17) is 0 Å². The first kappa shape index (κ1) is 17.8. The largest absolute Gasteiger partial charge is 0.192 e. The van der Waals surface area contributed by atoms with Crippen LogP contribution in [0.1, 0.15) is 55.6 Å². The average Bonchev–Trinajstić information content (AvgIpc) is 2.56. The van der Waals surface area contributed by atoms with Gasteiger partial charge in [0, 0.05) is 5.56 Å². The van der Waals surface area contributed by atoms with Crippen LogP contribution in [0.5, 0.6) is 0 Å². The second kappa shape index (κ2) is 6.14. The summed E-state index contributed by atoms with van der Waals surface area (Å²) in [5, 5.41) is 19.4. The van der Waals surface area contributed by atoms with Gasteiger partial charge in [0.25, 0.3) is 0 Å². The Labute approximate surface area is 145 Å². The summed E-state index contributed by atoms with van der Waals surface area (Å²) in [5.41, 5.74) is 12.4. The van der Waals surface area contributed by atoms with Crippen molar-refractivity contribution in [3.8, 4) is 23.3 Å². The summed E-state index contributed by atoms with van der Waals surface area (Å²) >= 11 is 0. The molecule has 0 aliphatic rings. The Hall–Kier alpha value is -2.58. The van der Waals surface area contributed by atoms with Crippen LogP contribution < -0.4 is 0 Å². The molecule has 0 radical (unpaired) electrons. The molecule has 122 valence electrons. The molecular weight excluding hydrogens is 292 g/mol. The minimum atomic E-state index is 0.691. The van der Waals surface area contributed by atoms with Crippen molar-refractivity contribution in [3.05, 3.63) is 55.6 Å². The number of nitriles is 2. The highest BCUT2D eigenvalue weighted by Crippen LogP contribution is 2.40. The number of nitrogens with zero attached hydrogens (tertiary/aromatic N) is 2. The SMILES string of the molecule is Cc1c(C)c(C)c(-c2c(C)c(C#N)c(C)c(C)c2C#N)c(C)c1C. The number of hydrogen-bond acceptors (Lipinski definition) is 2. The highest BCUT2D eigenvalue weighted by molar-refractivity contribution is 5.84. The minimum Gasteiger partial charge on any atom is -0.192 e. The van der Waals surface area contributed by atoms with E-state index >= 15 is 0 Å². The minimum absolute atomic E-state index is 0.691. The molecule has 2 rings (SSSR count). The second-order valence-corrected chi connectivity index (χ2v) is 6.72. The lowest BCUT2D eigenvalue weighted by Crippen LogP contribution is -2.06. The molecule has 0 amide bonds. The van der Waals surface area contributed by atoms with E-state index in [2.05, 4.69) is 46.8 Å². The van der Waals surface area contributed by atoms with Crippen LogP contribution in [0, 0.1) is 78.1 Å². The first-order valence-electron chi connectivity index (χ1n) is 8.20. The molecule has 0 N–H and O–H groups in total. The smallest absolute Gasteiger partial charge is 0.100 e. The van der Waals surface area contributed by atoms with Crippen LogP contribution in [0.4, 0.5) is 0 Å². The third kappa shape index (κ3) is 2.31. The molecule has 2 nitrogen and oxygen atoms in total. The van der Waals surface area contributed by atoms with E-state index in [9.17, 15) is 10.5 Å². The fourth-order valence-corrected chi connectivity index (χ4v) is 3.65. The van der Waals surface area contributed by atoms with Gasteiger partial charge in [0.05, 0.1) is 17.2 Å². The van der Waals surface area contributed by atoms with Gasteiger partial charge in [-0.3, -0.25) is 0 Å². The quantitative estimate of drug-likeness (QED) is 0.691. The van der Waals surface area contributed by atoms with Crippen molar-refractivity contribution in [3.63, 3.8) is 0 Å². The van der Waals surface area contributed by atoms with E-state index in [0.717, 1.165) is 27.8 Å². The molecule has 0 spiro atoms. The molecule has 0 saturated heterocycles. The van der Waals surface area contributed by atoms with E-state index in [1.165, 1.54) is 27.8 Å². The van der Waals surface area contributed by atoms with E-state index in [0.29, 0.717) is 11.1 Å². The highest BCUT2D eigenvalue weighted by atomic mass is 14.3. The first-order chi connectivity index (χ1) is 11.2. The Morgan fingerprint density at radius 3 is 1.21 bits per heavy atom. The molecule has 24 heavy (non-hydrogen) atoms. The molecular formula is C22H24N2. The van der Waals surface area contributed by atoms with Gasteiger partial charge in [-0.15, -0.1) is 0 Å². The third-order valence-corrected chi connectivity index (χ3v) is 5.79. The fraction of sp³-hybridized carbons (Fsp3) is 0.364. The Morgan fingerprint density at radius 1 is 0.417 bits per heavy atom. The normalized spacial score (nSPS) is 10.4. The summed E-state index contributed by atoms with van der Waals surface area (Å²) in [5.74, 6) is 0. The maximum atomic E-state index is 9.82. The van der Waals surface area contributed by atoms with Crippen molar-refractivity contribution < 1.29 is 0 Å². The number of benzene rings is 2. The van der Waals surface area contributed by atoms with Crippen LogP contribution >= 0.6 is 0 Å². The Balaban J connectivity index is 3.14. The van der Waals surface area contributed by atoms with E-state index in [1.807, 2.05) is 20.8 Å². The predicted octanol–water partition coefficient (Wildman–Crippen LogP) is 5.56. The van der Waals surface area contributed by atoms with Crippen LogP contribution in [0.25, 0.3) is 11.1 Å². The van der Waals surface area contributed by atoms with Crippen molar-refractivity contribution in [1.82, 2.24) is 0 Å². The summed E-state index contributed by atoms with van der Waals surface area (Å²) in [6.07, 6.45) is 0. The van der Waals surface area contributed by atoms with Gasteiger partial charge in [0.2, 0.25) is 0 Å².